The second-order valence-corrected chi connectivity index (χ2v) is 5.71. The molecule has 1 aromatic carbocycles. The molecule has 0 radical (unpaired) electrons. The molecular weight excluding hydrogens is 410 g/mol. The number of amides is 1. The van der Waals surface area contributed by atoms with Crippen LogP contribution in [0.4, 0.5) is 4.39 Å². The van der Waals surface area contributed by atoms with Crippen LogP contribution in [0.1, 0.15) is 19.4 Å². The van der Waals surface area contributed by atoms with Crippen LogP contribution in [0.3, 0.4) is 0 Å². The zero-order valence-corrected chi connectivity index (χ0v) is 16.4. The van der Waals surface area contributed by atoms with Gasteiger partial charge in [-0.1, -0.05) is 26.0 Å². The van der Waals surface area contributed by atoms with E-state index < -0.39 is 0 Å². The van der Waals surface area contributed by atoms with Gasteiger partial charge in [-0.25, -0.2) is 9.38 Å². The largest absolute Gasteiger partial charge is 0.356 e. The Morgan fingerprint density at radius 2 is 1.83 bits per heavy atom. The average molecular weight is 436 g/mol. The highest BCUT2D eigenvalue weighted by molar-refractivity contribution is 14.0. The first-order chi connectivity index (χ1) is 10.4. The summed E-state index contributed by atoms with van der Waals surface area (Å²) >= 11 is 0. The molecule has 1 rings (SSSR count). The smallest absolute Gasteiger partial charge is 0.241 e. The number of guanidine groups is 1. The maximum atomic E-state index is 12.9. The lowest BCUT2D eigenvalue weighted by molar-refractivity contribution is -0.127. The third-order valence-corrected chi connectivity index (χ3v) is 2.92. The molecule has 0 saturated heterocycles. The first kappa shape index (κ1) is 21.6. The fourth-order valence-corrected chi connectivity index (χ4v) is 1.55. The van der Waals surface area contributed by atoms with Crippen LogP contribution >= 0.6 is 24.0 Å². The molecule has 23 heavy (non-hydrogen) atoms. The number of aliphatic imine (C=N–C) groups is 1. The van der Waals surface area contributed by atoms with Gasteiger partial charge in [-0.2, -0.15) is 0 Å². The zero-order valence-electron chi connectivity index (χ0n) is 14.1. The van der Waals surface area contributed by atoms with Gasteiger partial charge in [-0.3, -0.25) is 4.79 Å². The Hall–Kier alpha value is -1.38. The highest BCUT2D eigenvalue weighted by Gasteiger charge is 2.06. The van der Waals surface area contributed by atoms with Crippen molar-refractivity contribution in [3.05, 3.63) is 35.6 Å². The molecule has 130 valence electrons. The van der Waals surface area contributed by atoms with E-state index in [1.807, 2.05) is 0 Å². The molecule has 1 amide bonds. The first-order valence-electron chi connectivity index (χ1n) is 7.35. The second-order valence-electron chi connectivity index (χ2n) is 5.71. The number of nitrogens with one attached hydrogen (secondary N) is 2. The lowest BCUT2D eigenvalue weighted by atomic mass is 10.2. The summed E-state index contributed by atoms with van der Waals surface area (Å²) in [5, 5.41) is 6.20. The zero-order chi connectivity index (χ0) is 16.5. The Morgan fingerprint density at radius 1 is 1.22 bits per heavy atom. The van der Waals surface area contributed by atoms with Crippen LogP contribution in [-0.4, -0.2) is 44.0 Å². The molecule has 0 aliphatic heterocycles. The third kappa shape index (κ3) is 9.37. The maximum absolute atomic E-state index is 12.9. The van der Waals surface area contributed by atoms with Gasteiger partial charge in [0, 0.05) is 20.6 Å². The predicted octanol–water partition coefficient (Wildman–Crippen LogP) is 2.22. The molecule has 0 saturated carbocycles. The summed E-state index contributed by atoms with van der Waals surface area (Å²) in [5.41, 5.74) is 0.908. The van der Waals surface area contributed by atoms with E-state index in [4.69, 9.17) is 0 Å². The summed E-state index contributed by atoms with van der Waals surface area (Å²) in [6.45, 7) is 5.54. The van der Waals surface area contributed by atoms with E-state index in [0.29, 0.717) is 18.4 Å². The molecule has 0 spiro atoms. The molecule has 0 aliphatic rings. The van der Waals surface area contributed by atoms with Crippen molar-refractivity contribution >= 4 is 35.8 Å². The molecule has 0 atom stereocenters. The summed E-state index contributed by atoms with van der Waals surface area (Å²) in [6.07, 6.45) is 0. The van der Waals surface area contributed by atoms with Crippen LogP contribution in [0.2, 0.25) is 0 Å². The van der Waals surface area contributed by atoms with E-state index in [1.54, 1.807) is 26.2 Å². The fraction of sp³-hybridized carbons (Fsp3) is 0.500. The maximum Gasteiger partial charge on any atom is 0.241 e. The Morgan fingerprint density at radius 3 is 2.35 bits per heavy atom. The fourth-order valence-electron chi connectivity index (χ4n) is 1.55. The number of hydrogen-bond acceptors (Lipinski definition) is 2. The Labute approximate surface area is 154 Å². The molecule has 0 fully saturated rings. The minimum atomic E-state index is -0.263. The molecule has 1 aromatic rings. The lowest BCUT2D eigenvalue weighted by Gasteiger charge is -2.16. The predicted molar refractivity (Wildman–Crippen MR) is 102 cm³/mol. The van der Waals surface area contributed by atoms with Crippen molar-refractivity contribution in [1.29, 1.82) is 0 Å². The highest BCUT2D eigenvalue weighted by Crippen LogP contribution is 2.03. The van der Waals surface area contributed by atoms with E-state index in [2.05, 4.69) is 29.5 Å². The average Bonchev–Trinajstić information content (AvgIpc) is 2.47. The first-order valence-corrected chi connectivity index (χ1v) is 7.35. The van der Waals surface area contributed by atoms with Crippen molar-refractivity contribution in [3.8, 4) is 0 Å². The van der Waals surface area contributed by atoms with Crippen LogP contribution in [-0.2, 0) is 11.3 Å². The minimum absolute atomic E-state index is 0. The van der Waals surface area contributed by atoms with Crippen LogP contribution in [0.25, 0.3) is 0 Å². The molecule has 0 aromatic heterocycles. The van der Waals surface area contributed by atoms with Gasteiger partial charge in [0.1, 0.15) is 5.82 Å². The Balaban J connectivity index is 0.00000484. The SMILES string of the molecule is CC(C)CNC(=NCc1ccc(F)cc1)NCC(=O)N(C)C.I. The number of carbonyl (C=O) groups excluding carboxylic acids is 1. The van der Waals surface area contributed by atoms with Crippen molar-refractivity contribution in [2.24, 2.45) is 10.9 Å². The molecule has 5 nitrogen and oxygen atoms in total. The van der Waals surface area contributed by atoms with Gasteiger partial charge < -0.3 is 15.5 Å². The van der Waals surface area contributed by atoms with Gasteiger partial charge in [-0.15, -0.1) is 24.0 Å². The number of nitrogens with zero attached hydrogens (tertiary/aromatic N) is 2. The Bertz CT molecular complexity index is 503. The number of likely N-dealkylation sites (N-methyl/N-ethyl adjacent to an activating group) is 1. The van der Waals surface area contributed by atoms with E-state index in [1.165, 1.54) is 17.0 Å². The van der Waals surface area contributed by atoms with Gasteiger partial charge in [0.15, 0.2) is 5.96 Å². The van der Waals surface area contributed by atoms with Gasteiger partial charge in [0.2, 0.25) is 5.91 Å². The van der Waals surface area contributed by atoms with Gasteiger partial charge >= 0.3 is 0 Å². The number of carbonyl (C=O) groups is 1. The molecule has 0 unspecified atom stereocenters. The van der Waals surface area contributed by atoms with Gasteiger partial charge in [0.25, 0.3) is 0 Å². The summed E-state index contributed by atoms with van der Waals surface area (Å²) in [4.78, 5) is 17.6. The molecule has 7 heteroatoms. The van der Waals surface area contributed by atoms with Crippen LogP contribution in [0.5, 0.6) is 0 Å². The number of hydrogen-bond donors (Lipinski definition) is 2. The minimum Gasteiger partial charge on any atom is -0.356 e. The summed E-state index contributed by atoms with van der Waals surface area (Å²) in [7, 11) is 3.42. The van der Waals surface area contributed by atoms with E-state index in [9.17, 15) is 9.18 Å². The van der Waals surface area contributed by atoms with Crippen molar-refractivity contribution in [2.45, 2.75) is 20.4 Å². The summed E-state index contributed by atoms with van der Waals surface area (Å²) < 4.78 is 12.9. The molecular formula is C16H26FIN4O. The molecule has 2 N–H and O–H groups in total. The monoisotopic (exact) mass is 436 g/mol. The number of benzene rings is 1. The van der Waals surface area contributed by atoms with Crippen molar-refractivity contribution in [3.63, 3.8) is 0 Å². The quantitative estimate of drug-likeness (QED) is 0.409. The number of halogens is 2. The third-order valence-electron chi connectivity index (χ3n) is 2.92. The standard InChI is InChI=1S/C16H25FN4O.HI/c1-12(2)9-18-16(20-11-15(22)21(3)4)19-10-13-5-7-14(17)8-6-13;/h5-8,12H,9-11H2,1-4H3,(H2,18,19,20);1H. The van der Waals surface area contributed by atoms with Gasteiger partial charge in [-0.05, 0) is 23.6 Å². The summed E-state index contributed by atoms with van der Waals surface area (Å²) in [6, 6.07) is 6.22. The normalized spacial score (nSPS) is 11.0. The highest BCUT2D eigenvalue weighted by atomic mass is 127. The second kappa shape index (κ2) is 11.2. The van der Waals surface area contributed by atoms with Crippen LogP contribution in [0.15, 0.2) is 29.3 Å². The molecule has 0 aliphatic carbocycles. The number of rotatable bonds is 6. The van der Waals surface area contributed by atoms with Gasteiger partial charge in [0.05, 0.1) is 13.1 Å². The topological polar surface area (TPSA) is 56.7 Å². The lowest BCUT2D eigenvalue weighted by Crippen LogP contribution is -2.44. The van der Waals surface area contributed by atoms with Crippen LogP contribution < -0.4 is 10.6 Å². The van der Waals surface area contributed by atoms with Crippen molar-refractivity contribution in [2.75, 3.05) is 27.2 Å². The van der Waals surface area contributed by atoms with Crippen molar-refractivity contribution in [1.82, 2.24) is 15.5 Å². The molecule has 0 heterocycles. The van der Waals surface area contributed by atoms with Crippen molar-refractivity contribution < 1.29 is 9.18 Å². The Kier molecular flexibility index (Phi) is 10.5. The van der Waals surface area contributed by atoms with E-state index >= 15 is 0 Å². The summed E-state index contributed by atoms with van der Waals surface area (Å²) in [5.74, 6) is 0.747. The van der Waals surface area contributed by atoms with E-state index in [-0.39, 0.29) is 42.2 Å². The van der Waals surface area contributed by atoms with Crippen LogP contribution in [0, 0.1) is 11.7 Å². The molecule has 0 bridgehead atoms. The van der Waals surface area contributed by atoms with E-state index in [0.717, 1.165) is 12.1 Å².